The van der Waals surface area contributed by atoms with Crippen molar-refractivity contribution in [1.82, 2.24) is 5.32 Å². The molecule has 2 aliphatic rings. The second kappa shape index (κ2) is 8.24. The minimum atomic E-state index is -0.173. The number of para-hydroxylation sites is 1. The maximum Gasteiger partial charge on any atom is 0.189 e. The number of guanidine groups is 1. The van der Waals surface area contributed by atoms with Crippen LogP contribution in [0.1, 0.15) is 42.3 Å². The van der Waals surface area contributed by atoms with Crippen LogP contribution in [0.2, 0.25) is 0 Å². The van der Waals surface area contributed by atoms with Crippen molar-refractivity contribution in [2.45, 2.75) is 37.3 Å². The third kappa shape index (κ3) is 4.11. The summed E-state index contributed by atoms with van der Waals surface area (Å²) < 4.78 is 19.0. The zero-order chi connectivity index (χ0) is 17.2. The molecule has 2 aromatic carbocycles. The molecular weight excluding hydrogens is 444 g/mol. The molecule has 6 heteroatoms. The molecule has 4 rings (SSSR count). The largest absolute Gasteiger partial charge is 0.493 e. The van der Waals surface area contributed by atoms with Gasteiger partial charge in [0.15, 0.2) is 5.96 Å². The van der Waals surface area contributed by atoms with Gasteiger partial charge >= 0.3 is 0 Å². The first-order valence-electron chi connectivity index (χ1n) is 8.76. The summed E-state index contributed by atoms with van der Waals surface area (Å²) in [5.41, 5.74) is 8.27. The zero-order valence-corrected chi connectivity index (χ0v) is 16.7. The predicted molar refractivity (Wildman–Crippen MR) is 112 cm³/mol. The fourth-order valence-electron chi connectivity index (χ4n) is 3.64. The molecule has 1 heterocycles. The second-order valence-corrected chi connectivity index (χ2v) is 6.77. The maximum atomic E-state index is 13.3. The van der Waals surface area contributed by atoms with Gasteiger partial charge in [-0.2, -0.15) is 0 Å². The van der Waals surface area contributed by atoms with E-state index < -0.39 is 0 Å². The fourth-order valence-corrected chi connectivity index (χ4v) is 3.64. The number of ether oxygens (including phenoxy) is 1. The monoisotopic (exact) mass is 467 g/mol. The lowest BCUT2D eigenvalue weighted by molar-refractivity contribution is 0.269. The first-order chi connectivity index (χ1) is 12.2. The average Bonchev–Trinajstić information content (AvgIpc) is 2.58. The van der Waals surface area contributed by atoms with Gasteiger partial charge in [-0.1, -0.05) is 30.3 Å². The summed E-state index contributed by atoms with van der Waals surface area (Å²) in [6, 6.07) is 15.2. The minimum Gasteiger partial charge on any atom is -0.493 e. The third-order valence-electron chi connectivity index (χ3n) is 5.03. The molecule has 1 unspecified atom stereocenters. The molecular formula is C20H23FIN3O. The van der Waals surface area contributed by atoms with Crippen molar-refractivity contribution in [2.75, 3.05) is 6.61 Å². The SMILES string of the molecule is I.NC(=NC1CCOc2ccccc21)NC1CC(c2cccc(F)c2)C1. The smallest absolute Gasteiger partial charge is 0.189 e. The van der Waals surface area contributed by atoms with E-state index in [4.69, 9.17) is 10.5 Å². The van der Waals surface area contributed by atoms with Crippen LogP contribution in [-0.2, 0) is 0 Å². The summed E-state index contributed by atoms with van der Waals surface area (Å²) >= 11 is 0. The summed E-state index contributed by atoms with van der Waals surface area (Å²) in [4.78, 5) is 4.65. The average molecular weight is 467 g/mol. The van der Waals surface area contributed by atoms with Gasteiger partial charge in [0.05, 0.1) is 12.6 Å². The number of fused-ring (bicyclic) bond motifs is 1. The Labute approximate surface area is 170 Å². The van der Waals surface area contributed by atoms with Crippen molar-refractivity contribution in [3.63, 3.8) is 0 Å². The molecule has 0 bridgehead atoms. The predicted octanol–water partition coefficient (Wildman–Crippen LogP) is 4.12. The highest BCUT2D eigenvalue weighted by Gasteiger charge is 2.31. The van der Waals surface area contributed by atoms with Gasteiger partial charge in [0.2, 0.25) is 0 Å². The summed E-state index contributed by atoms with van der Waals surface area (Å²) in [7, 11) is 0. The molecule has 1 fully saturated rings. The number of rotatable bonds is 3. The highest BCUT2D eigenvalue weighted by atomic mass is 127. The van der Waals surface area contributed by atoms with Crippen LogP contribution < -0.4 is 15.8 Å². The van der Waals surface area contributed by atoms with Crippen molar-refractivity contribution in [1.29, 1.82) is 0 Å². The van der Waals surface area contributed by atoms with Crippen molar-refractivity contribution < 1.29 is 9.13 Å². The number of benzene rings is 2. The van der Waals surface area contributed by atoms with Crippen LogP contribution in [0.15, 0.2) is 53.5 Å². The van der Waals surface area contributed by atoms with Crippen LogP contribution in [0.5, 0.6) is 5.75 Å². The van der Waals surface area contributed by atoms with Gasteiger partial charge in [-0.3, -0.25) is 0 Å². The Kier molecular flexibility index (Phi) is 6.01. The lowest BCUT2D eigenvalue weighted by Crippen LogP contribution is -2.46. The lowest BCUT2D eigenvalue weighted by Gasteiger charge is -2.36. The molecule has 138 valence electrons. The number of hydrogen-bond donors (Lipinski definition) is 2. The Morgan fingerprint density at radius 3 is 2.77 bits per heavy atom. The van der Waals surface area contributed by atoms with Gasteiger partial charge in [-0.15, -0.1) is 24.0 Å². The Morgan fingerprint density at radius 1 is 1.15 bits per heavy atom. The van der Waals surface area contributed by atoms with Crippen molar-refractivity contribution in [2.24, 2.45) is 10.7 Å². The van der Waals surface area contributed by atoms with E-state index in [1.54, 1.807) is 12.1 Å². The molecule has 1 saturated carbocycles. The van der Waals surface area contributed by atoms with Gasteiger partial charge in [0.25, 0.3) is 0 Å². The number of nitrogens with two attached hydrogens (primary N) is 1. The van der Waals surface area contributed by atoms with E-state index in [2.05, 4.69) is 10.3 Å². The molecule has 0 amide bonds. The van der Waals surface area contributed by atoms with E-state index in [1.165, 1.54) is 6.07 Å². The molecule has 2 aromatic rings. The Morgan fingerprint density at radius 2 is 1.96 bits per heavy atom. The topological polar surface area (TPSA) is 59.6 Å². The molecule has 1 atom stereocenters. The zero-order valence-electron chi connectivity index (χ0n) is 14.4. The normalized spacial score (nSPS) is 24.5. The lowest BCUT2D eigenvalue weighted by atomic mass is 9.76. The van der Waals surface area contributed by atoms with Gasteiger partial charge in [0.1, 0.15) is 11.6 Å². The summed E-state index contributed by atoms with van der Waals surface area (Å²) in [6.07, 6.45) is 2.73. The van der Waals surface area contributed by atoms with E-state index in [1.807, 2.05) is 30.3 Å². The van der Waals surface area contributed by atoms with Crippen LogP contribution in [0.3, 0.4) is 0 Å². The molecule has 1 aliphatic carbocycles. The molecule has 0 radical (unpaired) electrons. The van der Waals surface area contributed by atoms with Gasteiger partial charge in [-0.05, 0) is 42.5 Å². The van der Waals surface area contributed by atoms with Gasteiger partial charge < -0.3 is 15.8 Å². The maximum absolute atomic E-state index is 13.3. The van der Waals surface area contributed by atoms with Crippen LogP contribution in [0.25, 0.3) is 0 Å². The van der Waals surface area contributed by atoms with Crippen LogP contribution in [0, 0.1) is 5.82 Å². The van der Waals surface area contributed by atoms with Crippen molar-refractivity contribution in [3.05, 3.63) is 65.5 Å². The number of nitrogens with zero attached hydrogens (tertiary/aromatic N) is 1. The van der Waals surface area contributed by atoms with E-state index in [-0.39, 0.29) is 35.8 Å². The molecule has 26 heavy (non-hydrogen) atoms. The molecule has 4 nitrogen and oxygen atoms in total. The number of aliphatic imine (C=N–C) groups is 1. The standard InChI is InChI=1S/C20H22FN3O.HI/c21-15-5-3-4-13(10-15)14-11-16(12-14)23-20(22)24-18-8-9-25-19-7-2-1-6-17(18)19;/h1-7,10,14,16,18H,8-9,11-12H2,(H3,22,23,24);1H. The van der Waals surface area contributed by atoms with Crippen LogP contribution in [0.4, 0.5) is 4.39 Å². The van der Waals surface area contributed by atoms with Crippen LogP contribution in [-0.4, -0.2) is 18.6 Å². The summed E-state index contributed by atoms with van der Waals surface area (Å²) in [5.74, 6) is 1.59. The number of hydrogen-bond acceptors (Lipinski definition) is 2. The van der Waals surface area contributed by atoms with Gasteiger partial charge in [0, 0.05) is 18.0 Å². The third-order valence-corrected chi connectivity index (χ3v) is 5.03. The highest BCUT2D eigenvalue weighted by Crippen LogP contribution is 2.37. The Hall–Kier alpha value is -1.83. The summed E-state index contributed by atoms with van der Waals surface area (Å²) in [5, 5.41) is 3.30. The van der Waals surface area contributed by atoms with E-state index in [0.717, 1.165) is 36.1 Å². The van der Waals surface area contributed by atoms with E-state index >= 15 is 0 Å². The van der Waals surface area contributed by atoms with Crippen molar-refractivity contribution >= 4 is 29.9 Å². The fraction of sp³-hybridized carbons (Fsp3) is 0.350. The quantitative estimate of drug-likeness (QED) is 0.406. The summed E-state index contributed by atoms with van der Waals surface area (Å²) in [6.45, 7) is 0.656. The molecule has 0 saturated heterocycles. The van der Waals surface area contributed by atoms with Gasteiger partial charge in [-0.25, -0.2) is 9.38 Å². The van der Waals surface area contributed by atoms with Crippen LogP contribution >= 0.6 is 24.0 Å². The van der Waals surface area contributed by atoms with E-state index in [9.17, 15) is 4.39 Å². The Bertz CT molecular complexity index is 792. The molecule has 0 aromatic heterocycles. The van der Waals surface area contributed by atoms with Crippen molar-refractivity contribution in [3.8, 4) is 5.75 Å². The number of halogens is 2. The number of nitrogens with one attached hydrogen (secondary N) is 1. The van der Waals surface area contributed by atoms with E-state index in [0.29, 0.717) is 24.5 Å². The second-order valence-electron chi connectivity index (χ2n) is 6.77. The minimum absolute atomic E-state index is 0. The first-order valence-corrected chi connectivity index (χ1v) is 8.76. The molecule has 0 spiro atoms. The molecule has 3 N–H and O–H groups in total. The molecule has 1 aliphatic heterocycles. The Balaban J connectivity index is 0.00000196. The first kappa shape index (κ1) is 18.9. The highest BCUT2D eigenvalue weighted by molar-refractivity contribution is 14.0.